The van der Waals surface area contributed by atoms with Crippen LogP contribution in [0, 0.1) is 20.8 Å². The first kappa shape index (κ1) is 17.6. The van der Waals surface area contributed by atoms with Crippen LogP contribution in [0.5, 0.6) is 0 Å². The molecule has 0 radical (unpaired) electrons. The van der Waals surface area contributed by atoms with Crippen LogP contribution in [0.15, 0.2) is 42.5 Å². The Morgan fingerprint density at radius 2 is 1.92 bits per heavy atom. The number of nitrogens with zero attached hydrogens (tertiary/aromatic N) is 4. The predicted octanol–water partition coefficient (Wildman–Crippen LogP) is 3.47. The zero-order chi connectivity index (χ0) is 18.7. The molecule has 1 atom stereocenters. The highest BCUT2D eigenvalue weighted by Crippen LogP contribution is 2.19. The number of nitrogens with one attached hydrogen (secondary N) is 2. The molecular formula is C19H22N6O. The molecule has 0 bridgehead atoms. The van der Waals surface area contributed by atoms with Gasteiger partial charge in [0.1, 0.15) is 0 Å². The zero-order valence-corrected chi connectivity index (χ0v) is 15.3. The summed E-state index contributed by atoms with van der Waals surface area (Å²) in [5.41, 5.74) is 4.89. The maximum atomic E-state index is 12.4. The first-order valence-electron chi connectivity index (χ1n) is 8.44. The second-order valence-electron chi connectivity index (χ2n) is 6.37. The second kappa shape index (κ2) is 7.35. The molecule has 7 heteroatoms. The molecule has 1 unspecified atom stereocenters. The Bertz CT molecular complexity index is 933. The van der Waals surface area contributed by atoms with Gasteiger partial charge in [0.05, 0.1) is 11.7 Å². The summed E-state index contributed by atoms with van der Waals surface area (Å²) in [5, 5.41) is 17.3. The lowest BCUT2D eigenvalue weighted by molar-refractivity contribution is 0.249. The maximum Gasteiger partial charge on any atom is 0.319 e. The third-order valence-corrected chi connectivity index (χ3v) is 4.22. The number of anilines is 1. The molecule has 3 aromatic rings. The van der Waals surface area contributed by atoms with Crippen LogP contribution in [0.4, 0.5) is 10.5 Å². The summed E-state index contributed by atoms with van der Waals surface area (Å²) in [6.07, 6.45) is 0. The third kappa shape index (κ3) is 3.88. The summed E-state index contributed by atoms with van der Waals surface area (Å²) >= 11 is 0. The fourth-order valence-corrected chi connectivity index (χ4v) is 2.85. The molecule has 26 heavy (non-hydrogen) atoms. The number of hydrogen-bond acceptors (Lipinski definition) is 4. The van der Waals surface area contributed by atoms with Gasteiger partial charge in [0.25, 0.3) is 0 Å². The minimum absolute atomic E-state index is 0.0974. The number of aryl methyl sites for hydroxylation is 3. The van der Waals surface area contributed by atoms with E-state index >= 15 is 0 Å². The van der Waals surface area contributed by atoms with Crippen molar-refractivity contribution in [2.24, 2.45) is 0 Å². The number of aromatic nitrogens is 4. The summed E-state index contributed by atoms with van der Waals surface area (Å²) in [7, 11) is 0. The fourth-order valence-electron chi connectivity index (χ4n) is 2.85. The zero-order valence-electron chi connectivity index (χ0n) is 15.3. The van der Waals surface area contributed by atoms with Gasteiger partial charge in [-0.2, -0.15) is 4.68 Å². The van der Waals surface area contributed by atoms with E-state index in [2.05, 4.69) is 44.4 Å². The number of rotatable bonds is 4. The maximum absolute atomic E-state index is 12.4. The van der Waals surface area contributed by atoms with E-state index in [4.69, 9.17) is 0 Å². The highest BCUT2D eigenvalue weighted by atomic mass is 16.2. The molecule has 1 aromatic heterocycles. The predicted molar refractivity (Wildman–Crippen MR) is 100 cm³/mol. The summed E-state index contributed by atoms with van der Waals surface area (Å²) in [6.45, 7) is 7.88. The molecule has 0 aliphatic heterocycles. The van der Waals surface area contributed by atoms with E-state index < -0.39 is 0 Å². The summed E-state index contributed by atoms with van der Waals surface area (Å²) < 4.78 is 1.61. The number of amides is 2. The molecule has 134 valence electrons. The molecule has 3 rings (SSSR count). The van der Waals surface area contributed by atoms with E-state index in [1.54, 1.807) is 4.68 Å². The molecule has 7 nitrogen and oxygen atoms in total. The second-order valence-corrected chi connectivity index (χ2v) is 6.37. The van der Waals surface area contributed by atoms with Crippen LogP contribution in [0.1, 0.15) is 35.5 Å². The van der Waals surface area contributed by atoms with Gasteiger partial charge >= 0.3 is 6.03 Å². The summed E-state index contributed by atoms with van der Waals surface area (Å²) in [4.78, 5) is 12.4. The van der Waals surface area contributed by atoms with Crippen LogP contribution in [0.2, 0.25) is 0 Å². The number of urea groups is 1. The van der Waals surface area contributed by atoms with E-state index in [1.165, 1.54) is 5.56 Å². The first-order valence-corrected chi connectivity index (χ1v) is 8.44. The molecule has 2 amide bonds. The molecule has 0 saturated carbocycles. The standard InChI is InChI=1S/C19H22N6O/c1-12-8-9-13(2)18(10-12)14(3)20-19(26)21-16-6-5-7-17(11-16)25-15(4)22-23-24-25/h5-11,14H,1-4H3,(H2,20,21,26). The Hall–Kier alpha value is -3.22. The van der Waals surface area contributed by atoms with Gasteiger partial charge in [0.15, 0.2) is 5.82 Å². The average Bonchev–Trinajstić information content (AvgIpc) is 3.03. The van der Waals surface area contributed by atoms with Crippen LogP contribution in [-0.4, -0.2) is 26.2 Å². The minimum atomic E-state index is -0.260. The number of carbonyl (C=O) groups excluding carboxylic acids is 1. The highest BCUT2D eigenvalue weighted by molar-refractivity contribution is 5.89. The smallest absolute Gasteiger partial charge is 0.319 e. The molecule has 0 aliphatic carbocycles. The van der Waals surface area contributed by atoms with E-state index in [9.17, 15) is 4.79 Å². The number of carbonyl (C=O) groups is 1. The molecular weight excluding hydrogens is 328 g/mol. The average molecular weight is 350 g/mol. The van der Waals surface area contributed by atoms with Crippen molar-refractivity contribution in [2.75, 3.05) is 5.32 Å². The van der Waals surface area contributed by atoms with Crippen molar-refractivity contribution >= 4 is 11.7 Å². The van der Waals surface area contributed by atoms with E-state index in [0.717, 1.165) is 16.8 Å². The van der Waals surface area contributed by atoms with E-state index in [1.807, 2.05) is 52.0 Å². The van der Waals surface area contributed by atoms with Crippen LogP contribution in [0.25, 0.3) is 5.69 Å². The third-order valence-electron chi connectivity index (χ3n) is 4.22. The number of tetrazole rings is 1. The monoisotopic (exact) mass is 350 g/mol. The van der Waals surface area contributed by atoms with Crippen molar-refractivity contribution in [1.82, 2.24) is 25.5 Å². The molecule has 1 heterocycles. The molecule has 2 aromatic carbocycles. The van der Waals surface area contributed by atoms with Gasteiger partial charge in [-0.25, -0.2) is 4.79 Å². The van der Waals surface area contributed by atoms with Crippen molar-refractivity contribution in [1.29, 1.82) is 0 Å². The summed E-state index contributed by atoms with van der Waals surface area (Å²) in [6, 6.07) is 13.3. The lowest BCUT2D eigenvalue weighted by Gasteiger charge is -2.18. The molecule has 0 spiro atoms. The van der Waals surface area contributed by atoms with Gasteiger partial charge in [-0.1, -0.05) is 29.8 Å². The van der Waals surface area contributed by atoms with Gasteiger partial charge in [-0.15, -0.1) is 5.10 Å². The quantitative estimate of drug-likeness (QED) is 0.754. The Morgan fingerprint density at radius 1 is 1.12 bits per heavy atom. The van der Waals surface area contributed by atoms with Crippen LogP contribution in [-0.2, 0) is 0 Å². The van der Waals surface area contributed by atoms with Gasteiger partial charge < -0.3 is 10.6 Å². The lowest BCUT2D eigenvalue weighted by atomic mass is 10.0. The summed E-state index contributed by atoms with van der Waals surface area (Å²) in [5.74, 6) is 0.676. The number of hydrogen-bond donors (Lipinski definition) is 2. The molecule has 0 fully saturated rings. The van der Waals surface area contributed by atoms with Crippen LogP contribution >= 0.6 is 0 Å². The van der Waals surface area contributed by atoms with Crippen molar-refractivity contribution in [3.05, 3.63) is 65.0 Å². The normalized spacial score (nSPS) is 11.8. The lowest BCUT2D eigenvalue weighted by Crippen LogP contribution is -2.31. The molecule has 0 aliphatic rings. The Kier molecular flexibility index (Phi) is 4.97. The first-order chi connectivity index (χ1) is 12.4. The molecule has 0 saturated heterocycles. The van der Waals surface area contributed by atoms with Crippen molar-refractivity contribution in [3.8, 4) is 5.69 Å². The van der Waals surface area contributed by atoms with Gasteiger partial charge in [0.2, 0.25) is 0 Å². The van der Waals surface area contributed by atoms with Crippen LogP contribution < -0.4 is 10.6 Å². The van der Waals surface area contributed by atoms with Crippen molar-refractivity contribution in [2.45, 2.75) is 33.7 Å². The fraction of sp³-hybridized carbons (Fsp3) is 0.263. The largest absolute Gasteiger partial charge is 0.331 e. The Morgan fingerprint density at radius 3 is 2.65 bits per heavy atom. The Labute approximate surface area is 152 Å². The van der Waals surface area contributed by atoms with E-state index in [-0.39, 0.29) is 12.1 Å². The minimum Gasteiger partial charge on any atom is -0.331 e. The Balaban J connectivity index is 1.70. The highest BCUT2D eigenvalue weighted by Gasteiger charge is 2.12. The van der Waals surface area contributed by atoms with Gasteiger partial charge in [-0.3, -0.25) is 0 Å². The topological polar surface area (TPSA) is 84.7 Å². The molecule has 2 N–H and O–H groups in total. The van der Waals surface area contributed by atoms with Gasteiger partial charge in [0, 0.05) is 5.69 Å². The van der Waals surface area contributed by atoms with Gasteiger partial charge in [-0.05, 0) is 67.4 Å². The number of benzene rings is 2. The van der Waals surface area contributed by atoms with Crippen LogP contribution in [0.3, 0.4) is 0 Å². The van der Waals surface area contributed by atoms with Crippen molar-refractivity contribution < 1.29 is 4.79 Å². The van der Waals surface area contributed by atoms with E-state index in [0.29, 0.717) is 11.5 Å². The van der Waals surface area contributed by atoms with Crippen molar-refractivity contribution in [3.63, 3.8) is 0 Å². The SMILES string of the molecule is Cc1ccc(C)c(C(C)NC(=O)Nc2cccc(-n3nnnc3C)c2)c1.